The summed E-state index contributed by atoms with van der Waals surface area (Å²) in [4.78, 5) is 14.7. The van der Waals surface area contributed by atoms with Crippen LogP contribution in [0.2, 0.25) is 0 Å². The molecule has 4 rings (SSSR count). The number of aliphatic hydroxyl groups is 1. The maximum atomic E-state index is 12.5. The summed E-state index contributed by atoms with van der Waals surface area (Å²) in [6.45, 7) is 6.15. The average Bonchev–Trinajstić information content (AvgIpc) is 2.73. The second kappa shape index (κ2) is 8.46. The lowest BCUT2D eigenvalue weighted by atomic mass is 9.97. The smallest absolute Gasteiger partial charge is 0.227 e. The third-order valence-electron chi connectivity index (χ3n) is 5.50. The number of fused-ring (bicyclic) bond motifs is 1. The summed E-state index contributed by atoms with van der Waals surface area (Å²) in [5.41, 5.74) is 3.42. The van der Waals surface area contributed by atoms with E-state index in [1.807, 2.05) is 24.3 Å². The molecule has 1 aromatic heterocycles. The van der Waals surface area contributed by atoms with Gasteiger partial charge in [0.25, 0.3) is 0 Å². The van der Waals surface area contributed by atoms with Crippen molar-refractivity contribution in [2.45, 2.75) is 45.6 Å². The summed E-state index contributed by atoms with van der Waals surface area (Å²) in [5.74, 6) is 0.843. The van der Waals surface area contributed by atoms with Gasteiger partial charge in [-0.05, 0) is 42.5 Å². The second-order valence-electron chi connectivity index (χ2n) is 8.35. The lowest BCUT2D eigenvalue weighted by molar-refractivity contribution is 0.0785. The Labute approximate surface area is 176 Å². The fourth-order valence-electron chi connectivity index (χ4n) is 3.71. The average molecular weight is 405 g/mol. The van der Waals surface area contributed by atoms with Gasteiger partial charge in [-0.2, -0.15) is 0 Å². The van der Waals surface area contributed by atoms with Crippen LogP contribution in [0.5, 0.6) is 5.75 Å². The van der Waals surface area contributed by atoms with Crippen molar-refractivity contribution in [2.75, 3.05) is 6.54 Å². The number of nitrogens with zero attached hydrogens (tertiary/aromatic N) is 1. The predicted octanol–water partition coefficient (Wildman–Crippen LogP) is 4.00. The van der Waals surface area contributed by atoms with Crippen LogP contribution in [0, 0.1) is 0 Å². The number of hydrogen-bond donors (Lipinski definition) is 1. The first kappa shape index (κ1) is 20.4. The van der Waals surface area contributed by atoms with E-state index < -0.39 is 5.60 Å². The van der Waals surface area contributed by atoms with Crippen molar-refractivity contribution in [2.24, 2.45) is 0 Å². The van der Waals surface area contributed by atoms with E-state index in [2.05, 4.69) is 29.2 Å². The van der Waals surface area contributed by atoms with Gasteiger partial charge in [-0.1, -0.05) is 48.5 Å². The quantitative estimate of drug-likeness (QED) is 0.672. The number of benzene rings is 2. The lowest BCUT2D eigenvalue weighted by Crippen LogP contribution is -2.30. The Bertz CT molecular complexity index is 1060. The minimum atomic E-state index is -0.882. The van der Waals surface area contributed by atoms with Crippen molar-refractivity contribution in [1.82, 2.24) is 4.90 Å². The SMILES string of the molecule is CC(C)(O)c1ccc(COc2coc(CN3CCc4ccccc4C3)cc2=O)cc1. The first-order valence-electron chi connectivity index (χ1n) is 10.2. The normalized spacial score (nSPS) is 14.4. The van der Waals surface area contributed by atoms with Crippen LogP contribution in [-0.4, -0.2) is 16.6 Å². The van der Waals surface area contributed by atoms with Crippen molar-refractivity contribution in [1.29, 1.82) is 0 Å². The van der Waals surface area contributed by atoms with Crippen LogP contribution in [-0.2, 0) is 31.7 Å². The van der Waals surface area contributed by atoms with Crippen LogP contribution >= 0.6 is 0 Å². The zero-order valence-corrected chi connectivity index (χ0v) is 17.4. The molecule has 5 nitrogen and oxygen atoms in total. The van der Waals surface area contributed by atoms with E-state index in [0.29, 0.717) is 12.3 Å². The molecule has 0 amide bonds. The number of ether oxygens (including phenoxy) is 1. The summed E-state index contributed by atoms with van der Waals surface area (Å²) in [5, 5.41) is 10.0. The van der Waals surface area contributed by atoms with Gasteiger partial charge in [-0.15, -0.1) is 0 Å². The molecule has 0 radical (unpaired) electrons. The first-order chi connectivity index (χ1) is 14.4. The first-order valence-corrected chi connectivity index (χ1v) is 10.2. The number of rotatable bonds is 6. The topological polar surface area (TPSA) is 62.9 Å². The van der Waals surface area contributed by atoms with Gasteiger partial charge in [-0.3, -0.25) is 9.69 Å². The largest absolute Gasteiger partial charge is 0.482 e. The van der Waals surface area contributed by atoms with Crippen molar-refractivity contribution >= 4 is 0 Å². The zero-order valence-electron chi connectivity index (χ0n) is 17.4. The molecule has 0 atom stereocenters. The fraction of sp³-hybridized carbons (Fsp3) is 0.320. The molecule has 0 fully saturated rings. The van der Waals surface area contributed by atoms with Gasteiger partial charge >= 0.3 is 0 Å². The van der Waals surface area contributed by atoms with E-state index >= 15 is 0 Å². The summed E-state index contributed by atoms with van der Waals surface area (Å²) in [7, 11) is 0. The minimum Gasteiger partial charge on any atom is -0.482 e. The van der Waals surface area contributed by atoms with Gasteiger partial charge in [0.2, 0.25) is 11.2 Å². The molecule has 2 aromatic carbocycles. The minimum absolute atomic E-state index is 0.179. The van der Waals surface area contributed by atoms with E-state index in [1.54, 1.807) is 13.8 Å². The van der Waals surface area contributed by atoms with Gasteiger partial charge in [-0.25, -0.2) is 0 Å². The molecular weight excluding hydrogens is 378 g/mol. The zero-order chi connectivity index (χ0) is 21.1. The highest BCUT2D eigenvalue weighted by atomic mass is 16.5. The Morgan fingerprint density at radius 2 is 1.83 bits per heavy atom. The summed E-state index contributed by atoms with van der Waals surface area (Å²) < 4.78 is 11.3. The maximum absolute atomic E-state index is 12.5. The molecular formula is C25H27NO4. The molecule has 0 aliphatic carbocycles. The Morgan fingerprint density at radius 1 is 1.10 bits per heavy atom. The van der Waals surface area contributed by atoms with Gasteiger partial charge in [0.1, 0.15) is 18.6 Å². The summed E-state index contributed by atoms with van der Waals surface area (Å²) in [6, 6.07) is 17.5. The van der Waals surface area contributed by atoms with E-state index in [4.69, 9.17) is 9.15 Å². The lowest BCUT2D eigenvalue weighted by Gasteiger charge is -2.28. The van der Waals surface area contributed by atoms with Crippen LogP contribution in [0.4, 0.5) is 0 Å². The van der Waals surface area contributed by atoms with Crippen LogP contribution < -0.4 is 10.2 Å². The molecule has 1 aliphatic heterocycles. The van der Waals surface area contributed by atoms with E-state index in [-0.39, 0.29) is 17.8 Å². The van der Waals surface area contributed by atoms with Gasteiger partial charge < -0.3 is 14.3 Å². The third-order valence-corrected chi connectivity index (χ3v) is 5.50. The molecule has 1 aliphatic rings. The molecule has 2 heterocycles. The highest BCUT2D eigenvalue weighted by molar-refractivity contribution is 5.29. The van der Waals surface area contributed by atoms with Gasteiger partial charge in [0, 0.05) is 19.2 Å². The predicted molar refractivity (Wildman–Crippen MR) is 115 cm³/mol. The van der Waals surface area contributed by atoms with E-state index in [0.717, 1.165) is 30.6 Å². The van der Waals surface area contributed by atoms with Crippen LogP contribution in [0.15, 0.2) is 70.1 Å². The molecule has 3 aromatic rings. The Hall–Kier alpha value is -2.89. The Kier molecular flexibility index (Phi) is 5.75. The molecule has 0 bridgehead atoms. The standard InChI is InChI=1S/C25H27NO4/c1-25(2,28)21-9-7-18(8-10-21)16-30-24-17-29-22(13-23(24)27)15-26-12-11-19-5-3-4-6-20(19)14-26/h3-10,13,17,28H,11-12,14-16H2,1-2H3. The summed E-state index contributed by atoms with van der Waals surface area (Å²) >= 11 is 0. The van der Waals surface area contributed by atoms with Crippen LogP contribution in [0.3, 0.4) is 0 Å². The van der Waals surface area contributed by atoms with E-state index in [9.17, 15) is 9.90 Å². The van der Waals surface area contributed by atoms with Crippen molar-refractivity contribution in [3.05, 3.63) is 99.1 Å². The molecule has 0 spiro atoms. The van der Waals surface area contributed by atoms with Crippen LogP contribution in [0.25, 0.3) is 0 Å². The highest BCUT2D eigenvalue weighted by Crippen LogP contribution is 2.21. The Balaban J connectivity index is 1.36. The number of hydrogen-bond acceptors (Lipinski definition) is 5. The molecule has 0 saturated carbocycles. The van der Waals surface area contributed by atoms with E-state index in [1.165, 1.54) is 23.5 Å². The fourth-order valence-corrected chi connectivity index (χ4v) is 3.71. The molecule has 1 N–H and O–H groups in total. The summed E-state index contributed by atoms with van der Waals surface area (Å²) in [6.07, 6.45) is 2.41. The Morgan fingerprint density at radius 3 is 2.53 bits per heavy atom. The molecule has 30 heavy (non-hydrogen) atoms. The van der Waals surface area contributed by atoms with Gasteiger partial charge in [0.05, 0.1) is 12.1 Å². The molecule has 0 unspecified atom stereocenters. The van der Waals surface area contributed by atoms with Gasteiger partial charge in [0.15, 0.2) is 0 Å². The third kappa shape index (κ3) is 4.81. The second-order valence-corrected chi connectivity index (χ2v) is 8.35. The van der Waals surface area contributed by atoms with Crippen LogP contribution in [0.1, 0.15) is 41.9 Å². The molecule has 0 saturated heterocycles. The van der Waals surface area contributed by atoms with Crippen molar-refractivity contribution in [3.8, 4) is 5.75 Å². The highest BCUT2D eigenvalue weighted by Gasteiger charge is 2.18. The van der Waals surface area contributed by atoms with Crippen molar-refractivity contribution in [3.63, 3.8) is 0 Å². The molecule has 5 heteroatoms. The molecule has 156 valence electrons. The maximum Gasteiger partial charge on any atom is 0.227 e. The van der Waals surface area contributed by atoms with Crippen molar-refractivity contribution < 1.29 is 14.3 Å². The monoisotopic (exact) mass is 405 g/mol.